The van der Waals surface area contributed by atoms with Gasteiger partial charge in [0.2, 0.25) is 0 Å². The summed E-state index contributed by atoms with van der Waals surface area (Å²) >= 11 is 0. The van der Waals surface area contributed by atoms with Crippen molar-refractivity contribution in [2.24, 2.45) is 0 Å². The van der Waals surface area contributed by atoms with Crippen LogP contribution in [-0.4, -0.2) is 58.8 Å². The molecule has 6 nitrogen and oxygen atoms in total. The Bertz CT molecular complexity index is 819. The van der Waals surface area contributed by atoms with Gasteiger partial charge in [0.15, 0.2) is 0 Å². The second-order valence-corrected chi connectivity index (χ2v) is 8.65. The van der Waals surface area contributed by atoms with Gasteiger partial charge in [-0.3, -0.25) is 4.90 Å². The summed E-state index contributed by atoms with van der Waals surface area (Å²) in [5.41, 5.74) is 8.23. The van der Waals surface area contributed by atoms with Crippen LogP contribution in [0.1, 0.15) is 71.0 Å². The van der Waals surface area contributed by atoms with Gasteiger partial charge in [-0.25, -0.2) is 9.97 Å². The smallest absolute Gasteiger partial charge is 0.135 e. The van der Waals surface area contributed by atoms with E-state index in [0.29, 0.717) is 17.8 Å². The van der Waals surface area contributed by atoms with Crippen molar-refractivity contribution in [1.29, 1.82) is 0 Å². The van der Waals surface area contributed by atoms with Gasteiger partial charge in [0.05, 0.1) is 11.6 Å². The van der Waals surface area contributed by atoms with Crippen molar-refractivity contribution in [2.75, 3.05) is 37.3 Å². The average Bonchev–Trinajstić information content (AvgIpc) is 3.52. The summed E-state index contributed by atoms with van der Waals surface area (Å²) in [6.07, 6.45) is 6.84. The van der Waals surface area contributed by atoms with Crippen LogP contribution in [0.3, 0.4) is 0 Å². The fourth-order valence-electron chi connectivity index (χ4n) is 4.42. The number of nitrogen functional groups attached to an aromatic ring is 1. The van der Waals surface area contributed by atoms with Crippen LogP contribution >= 0.6 is 0 Å². The van der Waals surface area contributed by atoms with Crippen LogP contribution < -0.4 is 10.6 Å². The molecule has 2 saturated carbocycles. The predicted octanol–water partition coefficient (Wildman–Crippen LogP) is 4.18. The molecular formula is C24H39N5O. The number of aromatic nitrogens is 2. The summed E-state index contributed by atoms with van der Waals surface area (Å²) in [5.74, 6) is 2.06. The lowest BCUT2D eigenvalue weighted by Gasteiger charge is -2.28. The second kappa shape index (κ2) is 10.4. The highest BCUT2D eigenvalue weighted by Crippen LogP contribution is 2.39. The van der Waals surface area contributed by atoms with Crippen LogP contribution in [-0.2, 0) is 0 Å². The molecule has 0 amide bonds. The van der Waals surface area contributed by atoms with Gasteiger partial charge in [-0.05, 0) is 69.8 Å². The van der Waals surface area contributed by atoms with E-state index in [1.54, 1.807) is 0 Å². The van der Waals surface area contributed by atoms with Gasteiger partial charge in [-0.2, -0.15) is 0 Å². The van der Waals surface area contributed by atoms with Gasteiger partial charge >= 0.3 is 0 Å². The number of aliphatic hydroxyl groups excluding tert-OH is 1. The zero-order valence-corrected chi connectivity index (χ0v) is 19.1. The molecule has 0 radical (unpaired) electrons. The van der Waals surface area contributed by atoms with Gasteiger partial charge in [-0.15, -0.1) is 0 Å². The normalized spacial score (nSPS) is 21.0. The monoisotopic (exact) mass is 413 g/mol. The van der Waals surface area contributed by atoms with E-state index in [1.807, 2.05) is 0 Å². The molecule has 6 heteroatoms. The minimum absolute atomic E-state index is 0.0603. The molecule has 2 atom stereocenters. The Kier molecular flexibility index (Phi) is 7.89. The minimum atomic E-state index is -0.0603. The van der Waals surface area contributed by atoms with Crippen molar-refractivity contribution < 1.29 is 5.11 Å². The fourth-order valence-corrected chi connectivity index (χ4v) is 4.42. The maximum atomic E-state index is 9.58. The van der Waals surface area contributed by atoms with Crippen LogP contribution in [0.2, 0.25) is 0 Å². The van der Waals surface area contributed by atoms with Crippen molar-refractivity contribution in [1.82, 2.24) is 14.9 Å². The molecule has 1 aromatic heterocycles. The van der Waals surface area contributed by atoms with Crippen molar-refractivity contribution in [3.05, 3.63) is 24.0 Å². The van der Waals surface area contributed by atoms with Crippen LogP contribution in [0.5, 0.6) is 0 Å². The van der Waals surface area contributed by atoms with E-state index in [4.69, 9.17) is 5.73 Å². The standard InChI is InChI=1S/C15H20N4.C9H19NO/c1-3-8-19(2)11-6-7-13-12(9-11)14(16)18-15(17-13)10-4-5-10;1-3-10(4-2)8-6-5-7-9(8)11/h6-7,9-10H,3-5,8H2,1-2H3,(H2,16,17,18);8-9,11H,3-7H2,1-2H3. The summed E-state index contributed by atoms with van der Waals surface area (Å²) in [6, 6.07) is 6.71. The van der Waals surface area contributed by atoms with E-state index in [2.05, 4.69) is 65.8 Å². The van der Waals surface area contributed by atoms with E-state index in [0.717, 1.165) is 49.2 Å². The second-order valence-electron chi connectivity index (χ2n) is 8.65. The van der Waals surface area contributed by atoms with Crippen LogP contribution in [0.4, 0.5) is 11.5 Å². The number of aliphatic hydroxyl groups is 1. The van der Waals surface area contributed by atoms with E-state index >= 15 is 0 Å². The number of hydrogen-bond donors (Lipinski definition) is 2. The molecule has 1 heterocycles. The van der Waals surface area contributed by atoms with Gasteiger partial charge in [0.1, 0.15) is 11.6 Å². The highest BCUT2D eigenvalue weighted by atomic mass is 16.3. The van der Waals surface area contributed by atoms with Gasteiger partial charge in [0.25, 0.3) is 0 Å². The van der Waals surface area contributed by atoms with E-state index in [9.17, 15) is 5.11 Å². The molecule has 3 N–H and O–H groups in total. The largest absolute Gasteiger partial charge is 0.391 e. The SMILES string of the molecule is CCCN(C)c1ccc2nc(C3CC3)nc(N)c2c1.CCN(CC)C1CCCC1O. The van der Waals surface area contributed by atoms with Crippen molar-refractivity contribution in [3.8, 4) is 0 Å². The summed E-state index contributed by atoms with van der Waals surface area (Å²) in [7, 11) is 2.10. The number of likely N-dealkylation sites (N-methyl/N-ethyl adjacent to an activating group) is 1. The third-order valence-electron chi connectivity index (χ3n) is 6.39. The lowest BCUT2D eigenvalue weighted by atomic mass is 10.2. The first-order chi connectivity index (χ1) is 14.5. The van der Waals surface area contributed by atoms with Crippen LogP contribution in [0.15, 0.2) is 18.2 Å². The maximum Gasteiger partial charge on any atom is 0.135 e. The zero-order chi connectivity index (χ0) is 21.7. The topological polar surface area (TPSA) is 78.5 Å². The van der Waals surface area contributed by atoms with Crippen molar-refractivity contribution in [3.63, 3.8) is 0 Å². The molecule has 2 unspecified atom stereocenters. The molecule has 0 saturated heterocycles. The van der Waals surface area contributed by atoms with E-state index < -0.39 is 0 Å². The average molecular weight is 414 g/mol. The fraction of sp³-hybridized carbons (Fsp3) is 0.667. The number of nitrogens with two attached hydrogens (primary N) is 1. The molecule has 30 heavy (non-hydrogen) atoms. The number of benzene rings is 1. The lowest BCUT2D eigenvalue weighted by molar-refractivity contribution is 0.0771. The molecule has 2 aromatic rings. The van der Waals surface area contributed by atoms with E-state index in [-0.39, 0.29) is 6.10 Å². The Morgan fingerprint density at radius 3 is 2.37 bits per heavy atom. The molecule has 0 bridgehead atoms. The number of hydrogen-bond acceptors (Lipinski definition) is 6. The molecule has 166 valence electrons. The first kappa shape index (κ1) is 22.8. The van der Waals surface area contributed by atoms with Crippen molar-refractivity contribution >= 4 is 22.4 Å². The van der Waals surface area contributed by atoms with Gasteiger partial charge < -0.3 is 15.7 Å². The Morgan fingerprint density at radius 2 is 1.80 bits per heavy atom. The number of nitrogens with zero attached hydrogens (tertiary/aromatic N) is 4. The lowest BCUT2D eigenvalue weighted by Crippen LogP contribution is -2.39. The predicted molar refractivity (Wildman–Crippen MR) is 126 cm³/mol. The maximum absolute atomic E-state index is 9.58. The number of anilines is 2. The molecule has 2 fully saturated rings. The first-order valence-corrected chi connectivity index (χ1v) is 11.7. The zero-order valence-electron chi connectivity index (χ0n) is 19.1. The Hall–Kier alpha value is -1.92. The molecule has 2 aliphatic carbocycles. The molecule has 0 aliphatic heterocycles. The molecule has 1 aromatic carbocycles. The molecular weight excluding hydrogens is 374 g/mol. The Morgan fingerprint density at radius 1 is 1.07 bits per heavy atom. The molecule has 2 aliphatic rings. The molecule has 4 rings (SSSR count). The third kappa shape index (κ3) is 5.41. The van der Waals surface area contributed by atoms with Gasteiger partial charge in [0, 0.05) is 36.6 Å². The van der Waals surface area contributed by atoms with Crippen LogP contribution in [0.25, 0.3) is 10.9 Å². The van der Waals surface area contributed by atoms with Crippen molar-refractivity contribution in [2.45, 2.75) is 77.4 Å². The minimum Gasteiger partial charge on any atom is -0.391 e. The van der Waals surface area contributed by atoms with Gasteiger partial charge in [-0.1, -0.05) is 20.8 Å². The number of rotatable bonds is 7. The molecule has 0 spiro atoms. The van der Waals surface area contributed by atoms with E-state index in [1.165, 1.54) is 31.4 Å². The van der Waals surface area contributed by atoms with Crippen LogP contribution in [0, 0.1) is 0 Å². The highest BCUT2D eigenvalue weighted by molar-refractivity contribution is 5.90. The summed E-state index contributed by atoms with van der Waals surface area (Å²) in [5, 5.41) is 10.5. The summed E-state index contributed by atoms with van der Waals surface area (Å²) in [4.78, 5) is 13.7. The quantitative estimate of drug-likeness (QED) is 0.709. The Balaban J connectivity index is 0.000000199. The number of fused-ring (bicyclic) bond motifs is 1. The third-order valence-corrected chi connectivity index (χ3v) is 6.39. The Labute approximate surface area is 181 Å². The first-order valence-electron chi connectivity index (χ1n) is 11.7. The summed E-state index contributed by atoms with van der Waals surface area (Å²) < 4.78 is 0. The highest BCUT2D eigenvalue weighted by Gasteiger charge is 2.29. The summed E-state index contributed by atoms with van der Waals surface area (Å²) in [6.45, 7) is 9.67.